The summed E-state index contributed by atoms with van der Waals surface area (Å²) >= 11 is 0. The second-order valence-corrected chi connectivity index (χ2v) is 8.09. The number of unbranched alkanes of at least 4 members (excludes halogenated alkanes) is 12. The molecule has 3 heteroatoms. The van der Waals surface area contributed by atoms with Gasteiger partial charge in [0.15, 0.2) is 0 Å². The van der Waals surface area contributed by atoms with Crippen molar-refractivity contribution in [2.45, 2.75) is 129 Å². The zero-order valence-electron chi connectivity index (χ0n) is 18.4. The van der Waals surface area contributed by atoms with Crippen LogP contribution in [0.5, 0.6) is 0 Å². The standard InChI is InChI=1S/C24H48N2O/c1-3-4-5-6-7-8-9-10-11-12-13-14-15-16-17-21-24(27)26-23(2)20-18-19-22-25/h10-11,23H,3-9,12-22,25H2,1-2H3,(H,26,27). The summed E-state index contributed by atoms with van der Waals surface area (Å²) in [4.78, 5) is 11.9. The normalized spacial score (nSPS) is 12.6. The molecule has 0 heterocycles. The lowest BCUT2D eigenvalue weighted by Crippen LogP contribution is -2.32. The van der Waals surface area contributed by atoms with Crippen LogP contribution in [0.2, 0.25) is 0 Å². The van der Waals surface area contributed by atoms with Gasteiger partial charge in [0.2, 0.25) is 5.91 Å². The number of carbonyl (C=O) groups excluding carboxylic acids is 1. The summed E-state index contributed by atoms with van der Waals surface area (Å²) in [5.74, 6) is 0.216. The van der Waals surface area contributed by atoms with Crippen molar-refractivity contribution < 1.29 is 4.79 Å². The Morgan fingerprint density at radius 2 is 1.37 bits per heavy atom. The van der Waals surface area contributed by atoms with Crippen LogP contribution < -0.4 is 11.1 Å². The van der Waals surface area contributed by atoms with Gasteiger partial charge in [-0.2, -0.15) is 0 Å². The number of nitrogens with two attached hydrogens (primary N) is 1. The molecule has 0 aromatic heterocycles. The summed E-state index contributed by atoms with van der Waals surface area (Å²) in [6, 6.07) is 0.284. The van der Waals surface area contributed by atoms with E-state index in [2.05, 4.69) is 31.3 Å². The molecule has 160 valence electrons. The lowest BCUT2D eigenvalue weighted by molar-refractivity contribution is -0.121. The predicted octanol–water partition coefficient (Wildman–Crippen LogP) is 6.66. The molecule has 0 spiro atoms. The zero-order valence-corrected chi connectivity index (χ0v) is 18.4. The van der Waals surface area contributed by atoms with Gasteiger partial charge in [0.1, 0.15) is 0 Å². The lowest BCUT2D eigenvalue weighted by Gasteiger charge is -2.13. The summed E-state index contributed by atoms with van der Waals surface area (Å²) in [5.41, 5.74) is 5.50. The van der Waals surface area contributed by atoms with Gasteiger partial charge in [-0.25, -0.2) is 0 Å². The van der Waals surface area contributed by atoms with Crippen LogP contribution in [0.15, 0.2) is 12.2 Å². The van der Waals surface area contributed by atoms with Gasteiger partial charge in [0.25, 0.3) is 0 Å². The number of hydrogen-bond donors (Lipinski definition) is 2. The predicted molar refractivity (Wildman–Crippen MR) is 120 cm³/mol. The summed E-state index contributed by atoms with van der Waals surface area (Å²) in [6.45, 7) is 5.11. The molecule has 0 saturated heterocycles. The van der Waals surface area contributed by atoms with Crippen molar-refractivity contribution in [2.24, 2.45) is 5.73 Å². The molecule has 0 radical (unpaired) electrons. The molecule has 0 aliphatic carbocycles. The Balaban J connectivity index is 3.30. The topological polar surface area (TPSA) is 55.1 Å². The van der Waals surface area contributed by atoms with E-state index in [9.17, 15) is 4.79 Å². The Labute approximate surface area is 169 Å². The smallest absolute Gasteiger partial charge is 0.220 e. The summed E-state index contributed by atoms with van der Waals surface area (Å²) in [6.07, 6.45) is 25.4. The SMILES string of the molecule is CCCCCCCCC=CCCCCCCCC(=O)NC(C)CCCCN. The van der Waals surface area contributed by atoms with Crippen molar-refractivity contribution in [1.29, 1.82) is 0 Å². The van der Waals surface area contributed by atoms with Gasteiger partial charge in [-0.3, -0.25) is 4.79 Å². The van der Waals surface area contributed by atoms with Crippen molar-refractivity contribution in [1.82, 2.24) is 5.32 Å². The van der Waals surface area contributed by atoms with Crippen molar-refractivity contribution in [3.63, 3.8) is 0 Å². The van der Waals surface area contributed by atoms with E-state index in [0.717, 1.165) is 32.2 Å². The number of rotatable bonds is 20. The van der Waals surface area contributed by atoms with Crippen molar-refractivity contribution in [3.8, 4) is 0 Å². The minimum Gasteiger partial charge on any atom is -0.354 e. The molecule has 0 rings (SSSR count). The number of allylic oxidation sites excluding steroid dienone is 2. The first kappa shape index (κ1) is 26.2. The Morgan fingerprint density at radius 1 is 0.815 bits per heavy atom. The Hall–Kier alpha value is -0.830. The fourth-order valence-electron chi connectivity index (χ4n) is 3.37. The van der Waals surface area contributed by atoms with Crippen LogP contribution in [-0.4, -0.2) is 18.5 Å². The van der Waals surface area contributed by atoms with Gasteiger partial charge >= 0.3 is 0 Å². The third-order valence-corrected chi connectivity index (χ3v) is 5.16. The van der Waals surface area contributed by atoms with E-state index in [1.54, 1.807) is 0 Å². The highest BCUT2D eigenvalue weighted by Crippen LogP contribution is 2.10. The molecule has 1 atom stereocenters. The second-order valence-electron chi connectivity index (χ2n) is 8.09. The maximum Gasteiger partial charge on any atom is 0.220 e. The van der Waals surface area contributed by atoms with E-state index < -0.39 is 0 Å². The number of hydrogen-bond acceptors (Lipinski definition) is 2. The molecule has 0 aromatic carbocycles. The maximum absolute atomic E-state index is 11.9. The molecular weight excluding hydrogens is 332 g/mol. The fraction of sp³-hybridized carbons (Fsp3) is 0.875. The maximum atomic E-state index is 11.9. The summed E-state index contributed by atoms with van der Waals surface area (Å²) in [5, 5.41) is 3.10. The van der Waals surface area contributed by atoms with Crippen LogP contribution in [0.1, 0.15) is 123 Å². The third-order valence-electron chi connectivity index (χ3n) is 5.16. The van der Waals surface area contributed by atoms with Crippen molar-refractivity contribution in [2.75, 3.05) is 6.54 Å². The van der Waals surface area contributed by atoms with E-state index in [-0.39, 0.29) is 11.9 Å². The highest BCUT2D eigenvalue weighted by atomic mass is 16.1. The highest BCUT2D eigenvalue weighted by Gasteiger charge is 2.06. The van der Waals surface area contributed by atoms with E-state index >= 15 is 0 Å². The molecule has 1 amide bonds. The van der Waals surface area contributed by atoms with E-state index in [1.807, 2.05) is 0 Å². The number of amides is 1. The Kier molecular flexibility index (Phi) is 20.8. The van der Waals surface area contributed by atoms with Gasteiger partial charge in [-0.05, 0) is 58.4 Å². The van der Waals surface area contributed by atoms with Crippen LogP contribution in [0.4, 0.5) is 0 Å². The molecule has 3 nitrogen and oxygen atoms in total. The first-order chi connectivity index (χ1) is 13.2. The van der Waals surface area contributed by atoms with Gasteiger partial charge in [0, 0.05) is 12.5 Å². The largest absolute Gasteiger partial charge is 0.354 e. The van der Waals surface area contributed by atoms with Crippen LogP contribution >= 0.6 is 0 Å². The van der Waals surface area contributed by atoms with E-state index in [1.165, 1.54) is 77.0 Å². The van der Waals surface area contributed by atoms with Crippen LogP contribution in [-0.2, 0) is 4.79 Å². The van der Waals surface area contributed by atoms with Gasteiger partial charge in [-0.1, -0.05) is 76.9 Å². The van der Waals surface area contributed by atoms with Crippen molar-refractivity contribution >= 4 is 5.91 Å². The Bertz CT molecular complexity index is 341. The first-order valence-corrected chi connectivity index (χ1v) is 11.8. The second kappa shape index (κ2) is 21.5. The van der Waals surface area contributed by atoms with Gasteiger partial charge in [0.05, 0.1) is 0 Å². The molecule has 0 aliphatic rings. The number of nitrogens with one attached hydrogen (secondary N) is 1. The minimum absolute atomic E-state index is 0.216. The average molecular weight is 381 g/mol. The monoisotopic (exact) mass is 380 g/mol. The molecule has 3 N–H and O–H groups in total. The summed E-state index contributed by atoms with van der Waals surface area (Å²) < 4.78 is 0. The van der Waals surface area contributed by atoms with Crippen LogP contribution in [0, 0.1) is 0 Å². The molecule has 1 unspecified atom stereocenters. The quantitative estimate of drug-likeness (QED) is 0.183. The van der Waals surface area contributed by atoms with Gasteiger partial charge < -0.3 is 11.1 Å². The zero-order chi connectivity index (χ0) is 20.0. The fourth-order valence-corrected chi connectivity index (χ4v) is 3.37. The molecule has 0 aliphatic heterocycles. The lowest BCUT2D eigenvalue weighted by atomic mass is 10.1. The molecule has 0 saturated carbocycles. The minimum atomic E-state index is 0.216. The highest BCUT2D eigenvalue weighted by molar-refractivity contribution is 5.76. The van der Waals surface area contributed by atoms with E-state index in [0.29, 0.717) is 6.42 Å². The van der Waals surface area contributed by atoms with Crippen molar-refractivity contribution in [3.05, 3.63) is 12.2 Å². The molecular formula is C24H48N2O. The van der Waals surface area contributed by atoms with E-state index in [4.69, 9.17) is 5.73 Å². The first-order valence-electron chi connectivity index (χ1n) is 11.8. The van der Waals surface area contributed by atoms with Crippen LogP contribution in [0.3, 0.4) is 0 Å². The molecule has 27 heavy (non-hydrogen) atoms. The number of carbonyl (C=O) groups is 1. The third kappa shape index (κ3) is 21.3. The van der Waals surface area contributed by atoms with Gasteiger partial charge in [-0.15, -0.1) is 0 Å². The summed E-state index contributed by atoms with van der Waals surface area (Å²) in [7, 11) is 0. The van der Waals surface area contributed by atoms with Crippen LogP contribution in [0.25, 0.3) is 0 Å². The average Bonchev–Trinajstić information content (AvgIpc) is 2.65. The molecule has 0 bridgehead atoms. The molecule has 0 aromatic rings. The Morgan fingerprint density at radius 3 is 1.96 bits per heavy atom. The molecule has 0 fully saturated rings.